The van der Waals surface area contributed by atoms with E-state index in [-0.39, 0.29) is 12.2 Å². The number of amides is 1. The average molecular weight is 356 g/mol. The number of aromatic nitrogens is 2. The normalized spacial score (nSPS) is 12.0. The van der Waals surface area contributed by atoms with E-state index in [2.05, 4.69) is 10.4 Å². The SMILES string of the molecule is Cc1cc(C(=O)NCC(C)C(=O)O)nn1-c1ccc(Cl)cc1Cl. The molecule has 0 saturated heterocycles. The van der Waals surface area contributed by atoms with E-state index in [9.17, 15) is 9.59 Å². The summed E-state index contributed by atoms with van der Waals surface area (Å²) in [6.07, 6.45) is 0. The van der Waals surface area contributed by atoms with Gasteiger partial charge in [-0.25, -0.2) is 4.68 Å². The zero-order chi connectivity index (χ0) is 17.1. The lowest BCUT2D eigenvalue weighted by Crippen LogP contribution is -2.31. The molecule has 0 aliphatic rings. The van der Waals surface area contributed by atoms with Crippen molar-refractivity contribution in [1.82, 2.24) is 15.1 Å². The Kier molecular flexibility index (Phi) is 5.28. The van der Waals surface area contributed by atoms with E-state index >= 15 is 0 Å². The topological polar surface area (TPSA) is 84.2 Å². The number of carbonyl (C=O) groups excluding carboxylic acids is 1. The van der Waals surface area contributed by atoms with E-state index in [0.29, 0.717) is 21.4 Å². The van der Waals surface area contributed by atoms with Crippen molar-refractivity contribution in [2.24, 2.45) is 5.92 Å². The molecule has 1 amide bonds. The Labute approximate surface area is 143 Å². The van der Waals surface area contributed by atoms with Crippen molar-refractivity contribution in [2.75, 3.05) is 6.54 Å². The molecule has 0 spiro atoms. The van der Waals surface area contributed by atoms with Gasteiger partial charge in [-0.15, -0.1) is 0 Å². The second kappa shape index (κ2) is 7.02. The maximum atomic E-state index is 12.1. The second-order valence-electron chi connectivity index (χ2n) is 5.13. The molecule has 0 fully saturated rings. The van der Waals surface area contributed by atoms with Gasteiger partial charge in [0.1, 0.15) is 0 Å². The van der Waals surface area contributed by atoms with Crippen LogP contribution in [0.5, 0.6) is 0 Å². The quantitative estimate of drug-likeness (QED) is 0.863. The van der Waals surface area contributed by atoms with Crippen LogP contribution in [0.3, 0.4) is 0 Å². The standard InChI is InChI=1S/C15H15Cl2N3O3/c1-8(15(22)23)7-18-14(21)12-5-9(2)20(19-12)13-4-3-10(16)6-11(13)17/h3-6,8H,7H2,1-2H3,(H,18,21)(H,22,23). The van der Waals surface area contributed by atoms with Gasteiger partial charge in [0, 0.05) is 17.3 Å². The van der Waals surface area contributed by atoms with Gasteiger partial charge in [0.05, 0.1) is 16.6 Å². The largest absolute Gasteiger partial charge is 0.481 e. The van der Waals surface area contributed by atoms with Crippen LogP contribution < -0.4 is 5.32 Å². The van der Waals surface area contributed by atoms with Crippen LogP contribution in [0.1, 0.15) is 23.1 Å². The summed E-state index contributed by atoms with van der Waals surface area (Å²) in [7, 11) is 0. The maximum Gasteiger partial charge on any atom is 0.308 e. The molecule has 122 valence electrons. The average Bonchev–Trinajstić information content (AvgIpc) is 2.86. The minimum Gasteiger partial charge on any atom is -0.481 e. The molecule has 0 saturated carbocycles. The number of rotatable bonds is 5. The molecule has 2 rings (SSSR count). The molecule has 1 aromatic heterocycles. The minimum absolute atomic E-state index is 0.0295. The lowest BCUT2D eigenvalue weighted by molar-refractivity contribution is -0.140. The zero-order valence-electron chi connectivity index (χ0n) is 12.5. The number of aliphatic carboxylic acids is 1. The Morgan fingerprint density at radius 3 is 2.65 bits per heavy atom. The van der Waals surface area contributed by atoms with Crippen LogP contribution >= 0.6 is 23.2 Å². The van der Waals surface area contributed by atoms with Crippen LogP contribution in [0.25, 0.3) is 5.69 Å². The van der Waals surface area contributed by atoms with E-state index in [1.165, 1.54) is 11.6 Å². The van der Waals surface area contributed by atoms with Crippen LogP contribution in [-0.4, -0.2) is 33.3 Å². The van der Waals surface area contributed by atoms with Crippen molar-refractivity contribution in [3.05, 3.63) is 45.7 Å². The maximum absolute atomic E-state index is 12.1. The first-order valence-corrected chi connectivity index (χ1v) is 7.58. The van der Waals surface area contributed by atoms with Crippen LogP contribution in [0.2, 0.25) is 10.0 Å². The van der Waals surface area contributed by atoms with E-state index in [1.807, 2.05) is 0 Å². The summed E-state index contributed by atoms with van der Waals surface area (Å²) in [6, 6.07) is 6.58. The van der Waals surface area contributed by atoms with Gasteiger partial charge in [-0.05, 0) is 31.2 Å². The van der Waals surface area contributed by atoms with Gasteiger partial charge in [0.15, 0.2) is 5.69 Å². The molecule has 0 aliphatic carbocycles. The highest BCUT2D eigenvalue weighted by Crippen LogP contribution is 2.25. The number of carboxylic acid groups (broad SMARTS) is 1. The highest BCUT2D eigenvalue weighted by Gasteiger charge is 2.17. The number of benzene rings is 1. The van der Waals surface area contributed by atoms with Crippen LogP contribution in [0.15, 0.2) is 24.3 Å². The fourth-order valence-corrected chi connectivity index (χ4v) is 2.39. The summed E-state index contributed by atoms with van der Waals surface area (Å²) in [6.45, 7) is 3.33. The van der Waals surface area contributed by atoms with Crippen LogP contribution in [0.4, 0.5) is 0 Å². The highest BCUT2D eigenvalue weighted by molar-refractivity contribution is 6.35. The lowest BCUT2D eigenvalue weighted by Gasteiger charge is -2.07. The number of nitrogens with one attached hydrogen (secondary N) is 1. The summed E-state index contributed by atoms with van der Waals surface area (Å²) < 4.78 is 1.54. The number of carboxylic acids is 1. The number of halogens is 2. The summed E-state index contributed by atoms with van der Waals surface area (Å²) in [5.74, 6) is -2.09. The number of carbonyl (C=O) groups is 2. The first-order chi connectivity index (χ1) is 10.8. The first kappa shape index (κ1) is 17.3. The van der Waals surface area contributed by atoms with Gasteiger partial charge < -0.3 is 10.4 Å². The minimum atomic E-state index is -0.972. The van der Waals surface area contributed by atoms with Gasteiger partial charge in [0.2, 0.25) is 0 Å². The van der Waals surface area contributed by atoms with E-state index in [1.54, 1.807) is 31.2 Å². The molecular weight excluding hydrogens is 341 g/mol. The third kappa shape index (κ3) is 4.03. The van der Waals surface area contributed by atoms with E-state index in [4.69, 9.17) is 28.3 Å². The lowest BCUT2D eigenvalue weighted by atomic mass is 10.2. The summed E-state index contributed by atoms with van der Waals surface area (Å²) in [5, 5.41) is 16.5. The number of aryl methyl sites for hydroxylation is 1. The Morgan fingerprint density at radius 1 is 1.35 bits per heavy atom. The van der Waals surface area contributed by atoms with Gasteiger partial charge in [0.25, 0.3) is 5.91 Å². The first-order valence-electron chi connectivity index (χ1n) is 6.82. The van der Waals surface area contributed by atoms with Crippen LogP contribution in [0, 0.1) is 12.8 Å². The summed E-state index contributed by atoms with van der Waals surface area (Å²) in [5.41, 5.74) is 1.50. The van der Waals surface area contributed by atoms with Crippen molar-refractivity contribution in [2.45, 2.75) is 13.8 Å². The van der Waals surface area contributed by atoms with Crippen molar-refractivity contribution in [3.63, 3.8) is 0 Å². The zero-order valence-corrected chi connectivity index (χ0v) is 14.0. The number of hydrogen-bond acceptors (Lipinski definition) is 3. The number of hydrogen-bond donors (Lipinski definition) is 2. The monoisotopic (exact) mass is 355 g/mol. The molecule has 0 aliphatic heterocycles. The molecule has 1 heterocycles. The van der Waals surface area contributed by atoms with Gasteiger partial charge in [-0.3, -0.25) is 9.59 Å². The van der Waals surface area contributed by atoms with Crippen molar-refractivity contribution in [1.29, 1.82) is 0 Å². The van der Waals surface area contributed by atoms with Gasteiger partial charge >= 0.3 is 5.97 Å². The van der Waals surface area contributed by atoms with Crippen molar-refractivity contribution >= 4 is 35.1 Å². The molecule has 6 nitrogen and oxygen atoms in total. The fraction of sp³-hybridized carbons (Fsp3) is 0.267. The van der Waals surface area contributed by atoms with Crippen molar-refractivity contribution < 1.29 is 14.7 Å². The third-order valence-electron chi connectivity index (χ3n) is 3.25. The third-order valence-corrected chi connectivity index (χ3v) is 3.79. The van der Waals surface area contributed by atoms with Crippen molar-refractivity contribution in [3.8, 4) is 5.69 Å². The Morgan fingerprint density at radius 2 is 2.04 bits per heavy atom. The Balaban J connectivity index is 2.20. The summed E-state index contributed by atoms with van der Waals surface area (Å²) in [4.78, 5) is 22.8. The molecule has 0 radical (unpaired) electrons. The molecule has 23 heavy (non-hydrogen) atoms. The molecule has 2 aromatic rings. The molecule has 8 heteroatoms. The molecule has 0 bridgehead atoms. The van der Waals surface area contributed by atoms with Gasteiger partial charge in [-0.1, -0.05) is 30.1 Å². The second-order valence-corrected chi connectivity index (χ2v) is 5.97. The van der Waals surface area contributed by atoms with Crippen LogP contribution in [-0.2, 0) is 4.79 Å². The predicted octanol–water partition coefficient (Wildman–Crippen LogP) is 2.94. The number of nitrogens with zero attached hydrogens (tertiary/aromatic N) is 2. The van der Waals surface area contributed by atoms with Gasteiger partial charge in [-0.2, -0.15) is 5.10 Å². The molecule has 1 unspecified atom stereocenters. The molecule has 1 atom stereocenters. The van der Waals surface area contributed by atoms with E-state index < -0.39 is 17.8 Å². The Hall–Kier alpha value is -2.05. The fourth-order valence-electron chi connectivity index (χ4n) is 1.91. The molecular formula is C15H15Cl2N3O3. The molecule has 1 aromatic carbocycles. The smallest absolute Gasteiger partial charge is 0.308 e. The highest BCUT2D eigenvalue weighted by atomic mass is 35.5. The Bertz CT molecular complexity index is 758. The predicted molar refractivity (Wildman–Crippen MR) is 87.5 cm³/mol. The summed E-state index contributed by atoms with van der Waals surface area (Å²) >= 11 is 12.0. The van der Waals surface area contributed by atoms with E-state index in [0.717, 1.165) is 0 Å². The molecule has 2 N–H and O–H groups in total.